The Morgan fingerprint density at radius 3 is 2.56 bits per heavy atom. The van der Waals surface area contributed by atoms with Gasteiger partial charge in [0.2, 0.25) is 5.91 Å². The fourth-order valence-corrected chi connectivity index (χ4v) is 4.62. The highest BCUT2D eigenvalue weighted by Gasteiger charge is 2.56. The Labute approximate surface area is 158 Å². The predicted molar refractivity (Wildman–Crippen MR) is 99.6 cm³/mol. The third-order valence-corrected chi connectivity index (χ3v) is 5.22. The first-order valence-corrected chi connectivity index (χ1v) is 9.08. The Hall–Kier alpha value is -2.88. The maximum Gasteiger partial charge on any atom is 0.325 e. The van der Waals surface area contributed by atoms with Crippen molar-refractivity contribution in [1.29, 1.82) is 5.26 Å². The van der Waals surface area contributed by atoms with Gasteiger partial charge in [0.15, 0.2) is 0 Å². The van der Waals surface area contributed by atoms with E-state index in [9.17, 15) is 14.4 Å². The lowest BCUT2D eigenvalue weighted by molar-refractivity contribution is -0.136. The Balaban J connectivity index is 1.70. The number of amides is 4. The number of carbonyl (C=O) groups is 3. The van der Waals surface area contributed by atoms with Crippen LogP contribution >= 0.6 is 0 Å². The van der Waals surface area contributed by atoms with Crippen LogP contribution in [0.4, 0.5) is 10.5 Å². The van der Waals surface area contributed by atoms with Gasteiger partial charge < -0.3 is 10.6 Å². The quantitative estimate of drug-likeness (QED) is 0.801. The molecule has 7 nitrogen and oxygen atoms in total. The second kappa shape index (κ2) is 6.69. The number of nitrogens with one attached hydrogen (secondary N) is 2. The molecule has 2 fully saturated rings. The average molecular weight is 368 g/mol. The molecule has 0 bridgehead atoms. The van der Waals surface area contributed by atoms with Crippen LogP contribution in [0.25, 0.3) is 0 Å². The van der Waals surface area contributed by atoms with Crippen LogP contribution in [0.1, 0.15) is 45.6 Å². The number of anilines is 1. The zero-order valence-electron chi connectivity index (χ0n) is 15.8. The maximum absolute atomic E-state index is 13.0. The van der Waals surface area contributed by atoms with E-state index in [0.29, 0.717) is 30.0 Å². The SMILES string of the molecule is CC1CC(C)(C)CC2(C1)NC(=O)N(CC(=O)Nc1ccc(C#N)cc1)C2=O. The van der Waals surface area contributed by atoms with Gasteiger partial charge in [0, 0.05) is 5.69 Å². The van der Waals surface area contributed by atoms with E-state index >= 15 is 0 Å². The molecular formula is C20H24N4O3. The van der Waals surface area contributed by atoms with Crippen LogP contribution in [-0.4, -0.2) is 34.8 Å². The number of nitriles is 1. The minimum absolute atomic E-state index is 0.0542. The van der Waals surface area contributed by atoms with Crippen LogP contribution in [0.5, 0.6) is 0 Å². The van der Waals surface area contributed by atoms with Gasteiger partial charge in [-0.15, -0.1) is 0 Å². The van der Waals surface area contributed by atoms with Crippen molar-refractivity contribution < 1.29 is 14.4 Å². The number of hydrogen-bond acceptors (Lipinski definition) is 4. The predicted octanol–water partition coefficient (Wildman–Crippen LogP) is 2.63. The van der Waals surface area contributed by atoms with Crippen molar-refractivity contribution in [3.63, 3.8) is 0 Å². The van der Waals surface area contributed by atoms with Crippen molar-refractivity contribution in [2.75, 3.05) is 11.9 Å². The molecule has 1 aromatic carbocycles. The second-order valence-electron chi connectivity index (χ2n) is 8.50. The molecule has 1 aromatic rings. The summed E-state index contributed by atoms with van der Waals surface area (Å²) in [4.78, 5) is 38.8. The van der Waals surface area contributed by atoms with Crippen LogP contribution < -0.4 is 10.6 Å². The molecule has 0 radical (unpaired) electrons. The van der Waals surface area contributed by atoms with Crippen LogP contribution in [-0.2, 0) is 9.59 Å². The Kier molecular flexibility index (Phi) is 4.68. The first-order valence-electron chi connectivity index (χ1n) is 9.08. The van der Waals surface area contributed by atoms with Crippen LogP contribution in [0, 0.1) is 22.7 Å². The Morgan fingerprint density at radius 2 is 1.96 bits per heavy atom. The lowest BCUT2D eigenvalue weighted by Gasteiger charge is -2.43. The summed E-state index contributed by atoms with van der Waals surface area (Å²) in [6, 6.07) is 7.88. The van der Waals surface area contributed by atoms with Gasteiger partial charge in [-0.3, -0.25) is 14.5 Å². The largest absolute Gasteiger partial charge is 0.325 e. The Bertz CT molecular complexity index is 825. The maximum atomic E-state index is 13.0. The van der Waals surface area contributed by atoms with E-state index in [0.717, 1.165) is 11.3 Å². The topological polar surface area (TPSA) is 102 Å². The van der Waals surface area contributed by atoms with E-state index in [1.54, 1.807) is 24.3 Å². The van der Waals surface area contributed by atoms with Gasteiger partial charge in [0.05, 0.1) is 11.6 Å². The lowest BCUT2D eigenvalue weighted by Crippen LogP contribution is -2.54. The van der Waals surface area contributed by atoms with E-state index in [2.05, 4.69) is 31.4 Å². The molecule has 2 atom stereocenters. The van der Waals surface area contributed by atoms with Crippen molar-refractivity contribution in [3.05, 3.63) is 29.8 Å². The summed E-state index contributed by atoms with van der Waals surface area (Å²) >= 11 is 0. The van der Waals surface area contributed by atoms with Crippen LogP contribution in [0.2, 0.25) is 0 Å². The van der Waals surface area contributed by atoms with Gasteiger partial charge in [-0.25, -0.2) is 4.79 Å². The van der Waals surface area contributed by atoms with Gasteiger partial charge in [0.1, 0.15) is 12.1 Å². The minimum atomic E-state index is -0.910. The van der Waals surface area contributed by atoms with Gasteiger partial charge in [-0.2, -0.15) is 5.26 Å². The number of urea groups is 1. The molecule has 7 heteroatoms. The number of carbonyl (C=O) groups excluding carboxylic acids is 3. The van der Waals surface area contributed by atoms with Crippen molar-refractivity contribution >= 4 is 23.5 Å². The van der Waals surface area contributed by atoms with E-state index in [4.69, 9.17) is 5.26 Å². The lowest BCUT2D eigenvalue weighted by atomic mass is 9.64. The molecule has 2 unspecified atom stereocenters. The van der Waals surface area contributed by atoms with Gasteiger partial charge in [0.25, 0.3) is 5.91 Å². The number of imide groups is 1. The molecule has 3 rings (SSSR count). The second-order valence-corrected chi connectivity index (χ2v) is 8.50. The van der Waals surface area contributed by atoms with E-state index in [-0.39, 0.29) is 17.9 Å². The molecule has 2 N–H and O–H groups in total. The third-order valence-electron chi connectivity index (χ3n) is 5.22. The molecule has 1 saturated carbocycles. The van der Waals surface area contributed by atoms with Gasteiger partial charge in [-0.1, -0.05) is 20.8 Å². The standard InChI is InChI=1S/C20H24N4O3/c1-13-8-19(2,3)12-20(9-13)17(26)24(18(27)23-20)11-16(25)22-15-6-4-14(10-21)5-7-15/h4-7,13H,8-9,11-12H2,1-3H3,(H,22,25)(H,23,27). The smallest absolute Gasteiger partial charge is 0.325 e. The average Bonchev–Trinajstić information content (AvgIpc) is 2.77. The summed E-state index contributed by atoms with van der Waals surface area (Å²) in [5.41, 5.74) is 0.0280. The monoisotopic (exact) mass is 368 g/mol. The molecule has 1 spiro atoms. The summed E-state index contributed by atoms with van der Waals surface area (Å²) < 4.78 is 0. The number of nitrogens with zero attached hydrogens (tertiary/aromatic N) is 2. The normalized spacial score (nSPS) is 26.6. The Morgan fingerprint density at radius 1 is 1.30 bits per heavy atom. The van der Waals surface area contributed by atoms with Gasteiger partial charge >= 0.3 is 6.03 Å². The third kappa shape index (κ3) is 3.80. The van der Waals surface area contributed by atoms with Gasteiger partial charge in [-0.05, 0) is 54.9 Å². The van der Waals surface area contributed by atoms with Crippen molar-refractivity contribution in [1.82, 2.24) is 10.2 Å². The van der Waals surface area contributed by atoms with Crippen molar-refractivity contribution in [2.24, 2.45) is 11.3 Å². The summed E-state index contributed by atoms with van der Waals surface area (Å²) in [6.45, 7) is 5.96. The molecule has 1 aliphatic heterocycles. The number of benzene rings is 1. The summed E-state index contributed by atoms with van der Waals surface area (Å²) in [5.74, 6) is -0.462. The van der Waals surface area contributed by atoms with Crippen molar-refractivity contribution in [3.8, 4) is 6.07 Å². The molecule has 1 saturated heterocycles. The van der Waals surface area contributed by atoms with E-state index in [1.807, 2.05) is 6.07 Å². The van der Waals surface area contributed by atoms with E-state index in [1.165, 1.54) is 0 Å². The zero-order valence-corrected chi connectivity index (χ0v) is 15.8. The summed E-state index contributed by atoms with van der Waals surface area (Å²) in [6.07, 6.45) is 2.16. The van der Waals surface area contributed by atoms with Crippen LogP contribution in [0.15, 0.2) is 24.3 Å². The van der Waals surface area contributed by atoms with Crippen molar-refractivity contribution in [2.45, 2.75) is 45.6 Å². The number of hydrogen-bond donors (Lipinski definition) is 2. The molecule has 2 aliphatic rings. The minimum Gasteiger partial charge on any atom is -0.325 e. The molecule has 142 valence electrons. The van der Waals surface area contributed by atoms with Crippen LogP contribution in [0.3, 0.4) is 0 Å². The molecule has 0 aromatic heterocycles. The zero-order chi connectivity index (χ0) is 19.8. The highest BCUT2D eigenvalue weighted by Crippen LogP contribution is 2.46. The highest BCUT2D eigenvalue weighted by atomic mass is 16.2. The summed E-state index contributed by atoms with van der Waals surface area (Å²) in [5, 5.41) is 14.3. The highest BCUT2D eigenvalue weighted by molar-refractivity contribution is 6.10. The molecule has 27 heavy (non-hydrogen) atoms. The molecule has 4 amide bonds. The molecule has 1 aliphatic carbocycles. The first-order chi connectivity index (χ1) is 12.6. The molecular weight excluding hydrogens is 344 g/mol. The summed E-state index contributed by atoms with van der Waals surface area (Å²) in [7, 11) is 0. The fourth-order valence-electron chi connectivity index (χ4n) is 4.62. The molecule has 1 heterocycles. The van der Waals surface area contributed by atoms with E-state index < -0.39 is 17.5 Å². The number of rotatable bonds is 3. The fraction of sp³-hybridized carbons (Fsp3) is 0.500. The first kappa shape index (κ1) is 18.9.